The van der Waals surface area contributed by atoms with E-state index in [-0.39, 0.29) is 19.1 Å². The van der Waals surface area contributed by atoms with E-state index >= 15 is 0 Å². The Morgan fingerprint density at radius 2 is 2.31 bits per heavy atom. The van der Waals surface area contributed by atoms with Gasteiger partial charge in [-0.05, 0) is 6.07 Å². The lowest BCUT2D eigenvalue weighted by molar-refractivity contribution is 0.0947. The van der Waals surface area contributed by atoms with E-state index in [1.54, 1.807) is 5.38 Å². The van der Waals surface area contributed by atoms with Gasteiger partial charge in [-0.25, -0.2) is 0 Å². The molecule has 0 spiro atoms. The molecule has 1 aromatic carbocycles. The Kier molecular flexibility index (Phi) is 3.07. The number of nitrogens with two attached hydrogens (primary N) is 1. The van der Waals surface area contributed by atoms with Crippen LogP contribution >= 0.6 is 11.3 Å². The fourth-order valence-electron chi connectivity index (χ4n) is 1.52. The van der Waals surface area contributed by atoms with Crippen LogP contribution in [0.3, 0.4) is 0 Å². The maximum atomic E-state index is 11.7. The number of carbonyl (C=O) groups is 1. The molecule has 0 unspecified atom stereocenters. The van der Waals surface area contributed by atoms with Crippen molar-refractivity contribution in [3.8, 4) is 0 Å². The molecule has 1 amide bonds. The van der Waals surface area contributed by atoms with Gasteiger partial charge in [0.1, 0.15) is 0 Å². The lowest BCUT2D eigenvalue weighted by Gasteiger charge is -2.02. The molecule has 0 aliphatic carbocycles. The summed E-state index contributed by atoms with van der Waals surface area (Å²) in [5.41, 5.74) is 7.10. The molecule has 5 heteroatoms. The Labute approximate surface area is 96.7 Å². The number of nitrogen functional groups attached to an aromatic ring is 1. The van der Waals surface area contributed by atoms with Crippen LogP contribution in [0.25, 0.3) is 10.1 Å². The summed E-state index contributed by atoms with van der Waals surface area (Å²) in [5, 5.41) is 13.9. The summed E-state index contributed by atoms with van der Waals surface area (Å²) in [7, 11) is 0. The maximum absolute atomic E-state index is 11.7. The highest BCUT2D eigenvalue weighted by Crippen LogP contribution is 2.30. The summed E-state index contributed by atoms with van der Waals surface area (Å²) in [4.78, 5) is 11.7. The first-order valence-corrected chi connectivity index (χ1v) is 5.76. The van der Waals surface area contributed by atoms with Gasteiger partial charge in [-0.3, -0.25) is 4.79 Å². The standard InChI is InChI=1S/C11H12N2O2S/c12-9-3-1-2-7-8(6-16-10(7)9)11(15)13-4-5-14/h1-3,6,14H,4-5,12H2,(H,13,15). The molecular weight excluding hydrogens is 224 g/mol. The van der Waals surface area contributed by atoms with Crippen LogP contribution in [0.4, 0.5) is 5.69 Å². The van der Waals surface area contributed by atoms with Gasteiger partial charge >= 0.3 is 0 Å². The number of fused-ring (bicyclic) bond motifs is 1. The van der Waals surface area contributed by atoms with Crippen LogP contribution in [0.2, 0.25) is 0 Å². The molecule has 1 heterocycles. The van der Waals surface area contributed by atoms with Gasteiger partial charge < -0.3 is 16.2 Å². The first kappa shape index (κ1) is 10.9. The van der Waals surface area contributed by atoms with Crippen molar-refractivity contribution in [1.82, 2.24) is 5.32 Å². The van der Waals surface area contributed by atoms with Gasteiger partial charge in [0.25, 0.3) is 5.91 Å². The topological polar surface area (TPSA) is 75.4 Å². The zero-order chi connectivity index (χ0) is 11.5. The van der Waals surface area contributed by atoms with Gasteiger partial charge in [-0.2, -0.15) is 0 Å². The fraction of sp³-hybridized carbons (Fsp3) is 0.182. The van der Waals surface area contributed by atoms with Crippen LogP contribution in [0.15, 0.2) is 23.6 Å². The summed E-state index contributed by atoms with van der Waals surface area (Å²) < 4.78 is 0.927. The van der Waals surface area contributed by atoms with Crippen molar-refractivity contribution >= 4 is 33.0 Å². The zero-order valence-electron chi connectivity index (χ0n) is 8.56. The minimum Gasteiger partial charge on any atom is -0.398 e. The van der Waals surface area contributed by atoms with Crippen LogP contribution in [0.1, 0.15) is 10.4 Å². The molecule has 0 radical (unpaired) electrons. The molecule has 16 heavy (non-hydrogen) atoms. The number of aliphatic hydroxyl groups is 1. The highest BCUT2D eigenvalue weighted by molar-refractivity contribution is 7.18. The number of nitrogens with one attached hydrogen (secondary N) is 1. The van der Waals surface area contributed by atoms with Crippen LogP contribution in [0, 0.1) is 0 Å². The molecule has 1 aromatic heterocycles. The minimum absolute atomic E-state index is 0.0596. The number of hydrogen-bond acceptors (Lipinski definition) is 4. The monoisotopic (exact) mass is 236 g/mol. The normalized spacial score (nSPS) is 10.6. The highest BCUT2D eigenvalue weighted by atomic mass is 32.1. The van der Waals surface area contributed by atoms with Crippen molar-refractivity contribution in [2.75, 3.05) is 18.9 Å². The smallest absolute Gasteiger partial charge is 0.252 e. The van der Waals surface area contributed by atoms with Crippen molar-refractivity contribution in [3.05, 3.63) is 29.1 Å². The second-order valence-corrected chi connectivity index (χ2v) is 4.23. The lowest BCUT2D eigenvalue weighted by Crippen LogP contribution is -2.26. The van der Waals surface area contributed by atoms with Gasteiger partial charge in [0.15, 0.2) is 0 Å². The highest BCUT2D eigenvalue weighted by Gasteiger charge is 2.12. The van der Waals surface area contributed by atoms with E-state index in [0.29, 0.717) is 11.3 Å². The van der Waals surface area contributed by atoms with Gasteiger partial charge in [0.2, 0.25) is 0 Å². The molecular formula is C11H12N2O2S. The minimum atomic E-state index is -0.175. The summed E-state index contributed by atoms with van der Waals surface area (Å²) in [5.74, 6) is -0.175. The fourth-order valence-corrected chi connectivity index (χ4v) is 2.50. The Balaban J connectivity index is 2.38. The number of carbonyl (C=O) groups excluding carboxylic acids is 1. The molecule has 0 bridgehead atoms. The SMILES string of the molecule is Nc1cccc2c(C(=O)NCCO)csc12. The first-order chi connectivity index (χ1) is 7.74. The number of anilines is 1. The number of rotatable bonds is 3. The predicted molar refractivity (Wildman–Crippen MR) is 65.7 cm³/mol. The van der Waals surface area contributed by atoms with Crippen LogP contribution in [0.5, 0.6) is 0 Å². The van der Waals surface area contributed by atoms with E-state index in [9.17, 15) is 4.79 Å². The molecule has 84 valence electrons. The average Bonchev–Trinajstić information content (AvgIpc) is 2.71. The Morgan fingerprint density at radius 1 is 1.50 bits per heavy atom. The predicted octanol–water partition coefficient (Wildman–Crippen LogP) is 1.21. The summed E-state index contributed by atoms with van der Waals surface area (Å²) in [6.45, 7) is 0.203. The third-order valence-corrected chi connectivity index (χ3v) is 3.32. The Hall–Kier alpha value is -1.59. The van der Waals surface area contributed by atoms with Gasteiger partial charge in [0.05, 0.1) is 16.9 Å². The van der Waals surface area contributed by atoms with Crippen LogP contribution < -0.4 is 11.1 Å². The third kappa shape index (κ3) is 1.87. The van der Waals surface area contributed by atoms with E-state index in [1.807, 2.05) is 18.2 Å². The molecule has 0 atom stereocenters. The van der Waals surface area contributed by atoms with E-state index in [4.69, 9.17) is 10.8 Å². The second kappa shape index (κ2) is 4.51. The molecule has 4 nitrogen and oxygen atoms in total. The summed E-state index contributed by atoms with van der Waals surface area (Å²) in [6, 6.07) is 5.51. The van der Waals surface area contributed by atoms with Gasteiger partial charge in [-0.15, -0.1) is 11.3 Å². The van der Waals surface area contributed by atoms with Crippen molar-refractivity contribution < 1.29 is 9.90 Å². The van der Waals surface area contributed by atoms with Gasteiger partial charge in [-0.1, -0.05) is 12.1 Å². The largest absolute Gasteiger partial charge is 0.398 e. The molecule has 0 saturated heterocycles. The summed E-state index contributed by atoms with van der Waals surface area (Å²) >= 11 is 1.45. The molecule has 0 aliphatic heterocycles. The Bertz CT molecular complexity index is 522. The van der Waals surface area contributed by atoms with Crippen molar-refractivity contribution in [3.63, 3.8) is 0 Å². The van der Waals surface area contributed by atoms with E-state index in [1.165, 1.54) is 11.3 Å². The number of aliphatic hydroxyl groups excluding tert-OH is 1. The van der Waals surface area contributed by atoms with E-state index in [0.717, 1.165) is 10.1 Å². The zero-order valence-corrected chi connectivity index (χ0v) is 9.38. The quantitative estimate of drug-likeness (QED) is 0.701. The van der Waals surface area contributed by atoms with E-state index in [2.05, 4.69) is 5.32 Å². The van der Waals surface area contributed by atoms with Crippen molar-refractivity contribution in [2.45, 2.75) is 0 Å². The lowest BCUT2D eigenvalue weighted by atomic mass is 10.1. The summed E-state index contributed by atoms with van der Waals surface area (Å²) in [6.07, 6.45) is 0. The molecule has 0 saturated carbocycles. The first-order valence-electron chi connectivity index (χ1n) is 4.89. The van der Waals surface area contributed by atoms with Crippen molar-refractivity contribution in [1.29, 1.82) is 0 Å². The molecule has 4 N–H and O–H groups in total. The number of benzene rings is 1. The van der Waals surface area contributed by atoms with Gasteiger partial charge in [0, 0.05) is 23.0 Å². The third-order valence-electron chi connectivity index (χ3n) is 2.27. The van der Waals surface area contributed by atoms with E-state index < -0.39 is 0 Å². The number of hydrogen-bond donors (Lipinski definition) is 3. The number of thiophene rings is 1. The second-order valence-electron chi connectivity index (χ2n) is 3.35. The van der Waals surface area contributed by atoms with Crippen molar-refractivity contribution in [2.24, 2.45) is 0 Å². The Morgan fingerprint density at radius 3 is 3.06 bits per heavy atom. The number of amides is 1. The molecule has 2 aromatic rings. The van der Waals surface area contributed by atoms with Crippen LogP contribution in [-0.4, -0.2) is 24.2 Å². The maximum Gasteiger partial charge on any atom is 0.252 e. The van der Waals surface area contributed by atoms with Crippen LogP contribution in [-0.2, 0) is 0 Å². The molecule has 2 rings (SSSR count). The molecule has 0 aliphatic rings. The average molecular weight is 236 g/mol. The molecule has 0 fully saturated rings.